The van der Waals surface area contributed by atoms with Crippen LogP contribution in [0.4, 0.5) is 17.6 Å². The number of carbonyl (C=O) groups is 1. The van der Waals surface area contributed by atoms with Crippen molar-refractivity contribution in [2.24, 2.45) is 4.99 Å². The Labute approximate surface area is 102 Å². The van der Waals surface area contributed by atoms with E-state index in [2.05, 4.69) is 4.99 Å². The third kappa shape index (κ3) is 1.76. The quantitative estimate of drug-likeness (QED) is 0.477. The van der Waals surface area contributed by atoms with Crippen LogP contribution in [0.5, 0.6) is 0 Å². The number of alkyl halides is 4. The van der Waals surface area contributed by atoms with E-state index in [-0.39, 0.29) is 32.2 Å². The Kier molecular flexibility index (Phi) is 3.41. The number of ketones is 1. The van der Waals surface area contributed by atoms with Crippen molar-refractivity contribution < 1.29 is 42.5 Å². The number of rotatable bonds is 1. The molecule has 0 spiro atoms. The maximum absolute atomic E-state index is 12.8. The molecule has 7 heteroatoms. The molecule has 1 radical (unpaired) electrons. The second-order valence-electron chi connectivity index (χ2n) is 3.41. The summed E-state index contributed by atoms with van der Waals surface area (Å²) in [6.45, 7) is 0.380. The van der Waals surface area contributed by atoms with Crippen LogP contribution in [-0.4, -0.2) is 29.9 Å². The number of carbonyl (C=O) groups excluding carboxylic acids is 1. The van der Waals surface area contributed by atoms with Crippen LogP contribution in [0, 0.1) is 6.08 Å². The van der Waals surface area contributed by atoms with Crippen molar-refractivity contribution in [2.75, 3.05) is 6.54 Å². The van der Waals surface area contributed by atoms with Gasteiger partial charge in [0, 0.05) is 26.7 Å². The molecule has 2 rings (SSSR count). The van der Waals surface area contributed by atoms with Crippen LogP contribution >= 0.6 is 0 Å². The maximum Gasteiger partial charge on any atom is 0.321 e. The average molecular weight is 412 g/mol. The number of allylic oxidation sites excluding steroid dienone is 2. The molecule has 0 atom stereocenters. The minimum absolute atomic E-state index is 0. The summed E-state index contributed by atoms with van der Waals surface area (Å²) in [7, 11) is 0. The molecule has 0 bridgehead atoms. The molecule has 0 aromatic heterocycles. The monoisotopic (exact) mass is 413 g/mol. The number of Topliss-reactive ketones (excluding diaryl/α,β-unsaturated/α-hetero) is 1. The SMILES string of the molecule is O=C1C(C2=NCCC2)=[C-]C(F)(F)C1(F)F.[Ir]. The summed E-state index contributed by atoms with van der Waals surface area (Å²) in [5, 5.41) is 0. The van der Waals surface area contributed by atoms with Gasteiger partial charge >= 0.3 is 5.92 Å². The second-order valence-corrected chi connectivity index (χ2v) is 3.41. The molecule has 0 saturated carbocycles. The van der Waals surface area contributed by atoms with Crippen LogP contribution < -0.4 is 0 Å². The Bertz CT molecular complexity index is 389. The summed E-state index contributed by atoms with van der Waals surface area (Å²) in [5.74, 6) is -11.1. The van der Waals surface area contributed by atoms with Crippen molar-refractivity contribution in [3.63, 3.8) is 0 Å². The van der Waals surface area contributed by atoms with E-state index in [1.807, 2.05) is 0 Å². The molecule has 1 aliphatic carbocycles. The molecular weight excluding hydrogens is 406 g/mol. The van der Waals surface area contributed by atoms with Crippen molar-refractivity contribution >= 4 is 11.5 Å². The molecule has 0 aromatic carbocycles. The van der Waals surface area contributed by atoms with Gasteiger partial charge in [0.05, 0.1) is 0 Å². The fourth-order valence-electron chi connectivity index (χ4n) is 1.54. The fourth-order valence-corrected chi connectivity index (χ4v) is 1.54. The van der Waals surface area contributed by atoms with E-state index >= 15 is 0 Å². The predicted molar refractivity (Wildman–Crippen MR) is 43.2 cm³/mol. The summed E-state index contributed by atoms with van der Waals surface area (Å²) in [4.78, 5) is 14.7. The molecule has 0 N–H and O–H groups in total. The Balaban J connectivity index is 0.00000128. The summed E-state index contributed by atoms with van der Waals surface area (Å²) in [6.07, 6.45) is 2.13. The summed E-state index contributed by atoms with van der Waals surface area (Å²) in [6, 6.07) is 0. The van der Waals surface area contributed by atoms with Gasteiger partial charge in [0.2, 0.25) is 0 Å². The third-order valence-electron chi connectivity index (χ3n) is 2.35. The van der Waals surface area contributed by atoms with E-state index in [1.165, 1.54) is 6.08 Å². The van der Waals surface area contributed by atoms with Gasteiger partial charge in [-0.2, -0.15) is 0 Å². The molecule has 0 aromatic rings. The van der Waals surface area contributed by atoms with Crippen LogP contribution in [-0.2, 0) is 24.9 Å². The Morgan fingerprint density at radius 2 is 1.88 bits per heavy atom. The summed E-state index contributed by atoms with van der Waals surface area (Å²) < 4.78 is 51.0. The number of hydrogen-bond acceptors (Lipinski definition) is 2. The number of halogens is 4. The van der Waals surface area contributed by atoms with Crippen LogP contribution in [0.15, 0.2) is 10.6 Å². The molecule has 16 heavy (non-hydrogen) atoms. The van der Waals surface area contributed by atoms with Gasteiger partial charge in [-0.25, -0.2) is 17.6 Å². The average Bonchev–Trinajstić information content (AvgIpc) is 2.69. The van der Waals surface area contributed by atoms with Crippen molar-refractivity contribution in [1.29, 1.82) is 0 Å². The van der Waals surface area contributed by atoms with E-state index in [1.54, 1.807) is 0 Å². The van der Waals surface area contributed by atoms with Crippen molar-refractivity contribution in [3.05, 3.63) is 11.6 Å². The number of hydrogen-bond donors (Lipinski definition) is 0. The van der Waals surface area contributed by atoms with Gasteiger partial charge in [0.15, 0.2) is 0 Å². The molecule has 91 valence electrons. The first-order valence-corrected chi connectivity index (χ1v) is 4.35. The third-order valence-corrected chi connectivity index (χ3v) is 2.35. The molecule has 0 amide bonds. The molecule has 0 unspecified atom stereocenters. The van der Waals surface area contributed by atoms with Crippen LogP contribution in [0.2, 0.25) is 0 Å². The van der Waals surface area contributed by atoms with Crippen LogP contribution in [0.1, 0.15) is 12.8 Å². The second kappa shape index (κ2) is 4.04. The maximum atomic E-state index is 12.8. The van der Waals surface area contributed by atoms with Gasteiger partial charge < -0.3 is 9.79 Å². The van der Waals surface area contributed by atoms with Gasteiger partial charge in [0.1, 0.15) is 5.78 Å². The van der Waals surface area contributed by atoms with E-state index in [4.69, 9.17) is 0 Å². The smallest absolute Gasteiger partial charge is 0.321 e. The predicted octanol–water partition coefficient (Wildman–Crippen LogP) is 1.80. The van der Waals surface area contributed by atoms with E-state index in [0.717, 1.165) is 0 Å². The first-order valence-electron chi connectivity index (χ1n) is 4.35. The topological polar surface area (TPSA) is 29.4 Å². The van der Waals surface area contributed by atoms with E-state index < -0.39 is 23.2 Å². The zero-order chi connectivity index (χ0) is 11.3. The minimum atomic E-state index is -4.67. The first kappa shape index (κ1) is 13.5. The molecular formula is C9H6F4IrNO-. The van der Waals surface area contributed by atoms with Crippen molar-refractivity contribution in [3.8, 4) is 0 Å². The normalized spacial score (nSPS) is 26.1. The van der Waals surface area contributed by atoms with Crippen molar-refractivity contribution in [2.45, 2.75) is 24.7 Å². The van der Waals surface area contributed by atoms with Crippen LogP contribution in [0.25, 0.3) is 0 Å². The Morgan fingerprint density at radius 1 is 1.25 bits per heavy atom. The minimum Gasteiger partial charge on any atom is -0.364 e. The van der Waals surface area contributed by atoms with Crippen LogP contribution in [0.3, 0.4) is 0 Å². The Morgan fingerprint density at radius 3 is 2.25 bits per heavy atom. The number of aliphatic imine (C=N–C) groups is 1. The standard InChI is InChI=1S/C9H6F4NO.Ir/c10-8(11)4-5(6-2-1-3-14-6)7(15)9(8,12)13;/h1-3H2;/q-1;. The largest absolute Gasteiger partial charge is 0.364 e. The van der Waals surface area contributed by atoms with Gasteiger partial charge in [0.25, 0.3) is 5.92 Å². The van der Waals surface area contributed by atoms with Gasteiger partial charge in [-0.05, 0) is 6.42 Å². The molecule has 1 aliphatic heterocycles. The zero-order valence-electron chi connectivity index (χ0n) is 7.82. The van der Waals surface area contributed by atoms with Gasteiger partial charge in [-0.1, -0.05) is 12.1 Å². The van der Waals surface area contributed by atoms with E-state index in [9.17, 15) is 22.4 Å². The number of nitrogens with zero attached hydrogens (tertiary/aromatic N) is 1. The molecule has 2 nitrogen and oxygen atoms in total. The van der Waals surface area contributed by atoms with Gasteiger partial charge in [-0.15, -0.1) is 11.6 Å². The van der Waals surface area contributed by atoms with E-state index in [0.29, 0.717) is 13.0 Å². The molecule has 0 saturated heterocycles. The molecule has 2 aliphatic rings. The molecule has 1 heterocycles. The molecule has 0 fully saturated rings. The first-order chi connectivity index (χ1) is 6.86. The zero-order valence-corrected chi connectivity index (χ0v) is 10.2. The summed E-state index contributed by atoms with van der Waals surface area (Å²) in [5.41, 5.74) is -0.709. The van der Waals surface area contributed by atoms with Crippen molar-refractivity contribution in [1.82, 2.24) is 0 Å². The Hall–Kier alpha value is -0.551. The fraction of sp³-hybridized carbons (Fsp3) is 0.556. The van der Waals surface area contributed by atoms with Gasteiger partial charge in [-0.3, -0.25) is 0 Å². The summed E-state index contributed by atoms with van der Waals surface area (Å²) >= 11 is 0.